The van der Waals surface area contributed by atoms with Gasteiger partial charge in [0, 0.05) is 3.42 Å². The largest absolute Gasteiger partial charge is 0.0786 e. The first-order valence-electron chi connectivity index (χ1n) is 7.29. The van der Waals surface area contributed by atoms with Gasteiger partial charge in [-0.2, -0.15) is 0 Å². The van der Waals surface area contributed by atoms with E-state index in [1.807, 2.05) is 0 Å². The monoisotopic (exact) mass is 334 g/mol. The van der Waals surface area contributed by atoms with Crippen molar-refractivity contribution in [1.82, 2.24) is 0 Å². The molecule has 4 atom stereocenters. The Labute approximate surface area is 115 Å². The minimum absolute atomic E-state index is 0.666. The van der Waals surface area contributed by atoms with E-state index >= 15 is 0 Å². The normalized spacial score (nSPS) is 46.3. The van der Waals surface area contributed by atoms with Crippen LogP contribution in [0.4, 0.5) is 0 Å². The number of hydrogen-bond donors (Lipinski definition) is 0. The first kappa shape index (κ1) is 13.2. The van der Waals surface area contributed by atoms with Gasteiger partial charge in [-0.1, -0.05) is 68.5 Å². The van der Waals surface area contributed by atoms with Crippen molar-refractivity contribution in [3.05, 3.63) is 0 Å². The highest BCUT2D eigenvalue weighted by atomic mass is 127. The Hall–Kier alpha value is 0.730. The Bertz CT molecular complexity index is 225. The lowest BCUT2D eigenvalue weighted by Crippen LogP contribution is -2.36. The SMILES string of the molecule is CC1CCC[C@@H]([C@@]2(I)CCCC(C)C2)CC1. The van der Waals surface area contributed by atoms with Gasteiger partial charge in [0.2, 0.25) is 0 Å². The van der Waals surface area contributed by atoms with E-state index in [9.17, 15) is 0 Å². The fourth-order valence-corrected chi connectivity index (χ4v) is 5.66. The fraction of sp³-hybridized carbons (Fsp3) is 1.00. The van der Waals surface area contributed by atoms with Crippen LogP contribution in [0.25, 0.3) is 0 Å². The predicted molar refractivity (Wildman–Crippen MR) is 80.1 cm³/mol. The molecule has 0 aromatic rings. The third-order valence-corrected chi connectivity index (χ3v) is 6.83. The van der Waals surface area contributed by atoms with Crippen LogP contribution in [0.15, 0.2) is 0 Å². The molecule has 0 radical (unpaired) electrons. The van der Waals surface area contributed by atoms with Crippen LogP contribution in [0.5, 0.6) is 0 Å². The zero-order valence-electron chi connectivity index (χ0n) is 11.0. The molecule has 2 rings (SSSR count). The molecular weight excluding hydrogens is 307 g/mol. The van der Waals surface area contributed by atoms with Crippen molar-refractivity contribution >= 4 is 22.6 Å². The molecule has 94 valence electrons. The molecular formula is C15H27I. The van der Waals surface area contributed by atoms with E-state index < -0.39 is 0 Å². The number of rotatable bonds is 1. The first-order chi connectivity index (χ1) is 7.60. The Morgan fingerprint density at radius 1 is 0.875 bits per heavy atom. The Balaban J connectivity index is 1.98. The summed E-state index contributed by atoms with van der Waals surface area (Å²) in [7, 11) is 0. The molecule has 1 heteroatoms. The number of halogens is 1. The van der Waals surface area contributed by atoms with E-state index in [0.717, 1.165) is 17.8 Å². The van der Waals surface area contributed by atoms with E-state index in [0.29, 0.717) is 3.42 Å². The second-order valence-electron chi connectivity index (χ2n) is 6.55. The van der Waals surface area contributed by atoms with Crippen LogP contribution in [0.1, 0.15) is 71.6 Å². The first-order valence-corrected chi connectivity index (χ1v) is 8.37. The molecule has 0 aromatic carbocycles. The second-order valence-corrected chi connectivity index (χ2v) is 8.69. The summed E-state index contributed by atoms with van der Waals surface area (Å²) >= 11 is 2.85. The van der Waals surface area contributed by atoms with Crippen LogP contribution < -0.4 is 0 Å². The van der Waals surface area contributed by atoms with Crippen molar-refractivity contribution in [3.8, 4) is 0 Å². The highest BCUT2D eigenvalue weighted by Gasteiger charge is 2.39. The predicted octanol–water partition coefficient (Wildman–Crippen LogP) is 5.59. The quantitative estimate of drug-likeness (QED) is 0.333. The summed E-state index contributed by atoms with van der Waals surface area (Å²) in [6.07, 6.45) is 13.4. The molecule has 2 unspecified atom stereocenters. The molecule has 0 nitrogen and oxygen atoms in total. The molecule has 2 aliphatic rings. The van der Waals surface area contributed by atoms with Gasteiger partial charge in [-0.25, -0.2) is 0 Å². The van der Waals surface area contributed by atoms with Gasteiger partial charge >= 0.3 is 0 Å². The molecule has 0 spiro atoms. The molecule has 0 bridgehead atoms. The maximum absolute atomic E-state index is 2.85. The summed E-state index contributed by atoms with van der Waals surface area (Å²) < 4.78 is 0.666. The Morgan fingerprint density at radius 3 is 2.38 bits per heavy atom. The Morgan fingerprint density at radius 2 is 1.62 bits per heavy atom. The molecule has 0 amide bonds. The van der Waals surface area contributed by atoms with E-state index in [-0.39, 0.29) is 0 Å². The van der Waals surface area contributed by atoms with Gasteiger partial charge in [-0.3, -0.25) is 0 Å². The van der Waals surface area contributed by atoms with Crippen molar-refractivity contribution in [2.24, 2.45) is 17.8 Å². The van der Waals surface area contributed by atoms with Crippen LogP contribution in [-0.2, 0) is 0 Å². The second kappa shape index (κ2) is 5.58. The van der Waals surface area contributed by atoms with Gasteiger partial charge in [0.15, 0.2) is 0 Å². The minimum atomic E-state index is 0.666. The molecule has 2 aliphatic carbocycles. The molecule has 0 N–H and O–H groups in total. The average molecular weight is 334 g/mol. The van der Waals surface area contributed by atoms with Crippen molar-refractivity contribution in [3.63, 3.8) is 0 Å². The van der Waals surface area contributed by atoms with Gasteiger partial charge in [-0.05, 0) is 43.4 Å². The van der Waals surface area contributed by atoms with Gasteiger partial charge < -0.3 is 0 Å². The van der Waals surface area contributed by atoms with Crippen LogP contribution in [-0.4, -0.2) is 3.42 Å². The summed E-state index contributed by atoms with van der Waals surface area (Å²) in [6.45, 7) is 4.91. The van der Waals surface area contributed by atoms with Gasteiger partial charge in [0.1, 0.15) is 0 Å². The summed E-state index contributed by atoms with van der Waals surface area (Å²) in [5.74, 6) is 3.00. The molecule has 2 saturated carbocycles. The van der Waals surface area contributed by atoms with Crippen molar-refractivity contribution < 1.29 is 0 Å². The lowest BCUT2D eigenvalue weighted by molar-refractivity contribution is 0.235. The highest BCUT2D eigenvalue weighted by molar-refractivity contribution is 14.1. The molecule has 16 heavy (non-hydrogen) atoms. The zero-order chi connectivity index (χ0) is 11.6. The number of hydrogen-bond acceptors (Lipinski definition) is 0. The highest BCUT2D eigenvalue weighted by Crippen LogP contribution is 2.49. The third-order valence-electron chi connectivity index (χ3n) is 4.97. The Kier molecular flexibility index (Phi) is 4.59. The number of alkyl halides is 1. The summed E-state index contributed by atoms with van der Waals surface area (Å²) in [5.41, 5.74) is 0. The van der Waals surface area contributed by atoms with E-state index in [2.05, 4.69) is 36.4 Å². The van der Waals surface area contributed by atoms with Crippen molar-refractivity contribution in [1.29, 1.82) is 0 Å². The smallest absolute Gasteiger partial charge is 0.0253 e. The van der Waals surface area contributed by atoms with Crippen LogP contribution in [0, 0.1) is 17.8 Å². The van der Waals surface area contributed by atoms with Gasteiger partial charge in [-0.15, -0.1) is 0 Å². The van der Waals surface area contributed by atoms with Gasteiger partial charge in [0.25, 0.3) is 0 Å². The van der Waals surface area contributed by atoms with E-state index in [4.69, 9.17) is 0 Å². The molecule has 0 aliphatic heterocycles. The summed E-state index contributed by atoms with van der Waals surface area (Å²) in [6, 6.07) is 0. The molecule has 0 aromatic heterocycles. The molecule has 2 fully saturated rings. The zero-order valence-corrected chi connectivity index (χ0v) is 13.1. The topological polar surface area (TPSA) is 0 Å². The van der Waals surface area contributed by atoms with Crippen molar-refractivity contribution in [2.75, 3.05) is 0 Å². The molecule has 0 saturated heterocycles. The third kappa shape index (κ3) is 3.14. The molecule has 0 heterocycles. The van der Waals surface area contributed by atoms with Crippen LogP contribution in [0.2, 0.25) is 0 Å². The van der Waals surface area contributed by atoms with Crippen molar-refractivity contribution in [2.45, 2.75) is 75.1 Å². The maximum Gasteiger partial charge on any atom is 0.0253 e. The maximum atomic E-state index is 2.85. The van der Waals surface area contributed by atoms with Crippen LogP contribution in [0.3, 0.4) is 0 Å². The summed E-state index contributed by atoms with van der Waals surface area (Å²) in [4.78, 5) is 0. The van der Waals surface area contributed by atoms with E-state index in [1.54, 1.807) is 0 Å². The average Bonchev–Trinajstić information content (AvgIpc) is 2.43. The minimum Gasteiger partial charge on any atom is -0.0786 e. The standard InChI is InChI=1S/C15H27I/c1-12-5-3-7-14(9-8-12)15(16)10-4-6-13(2)11-15/h12-14H,3-11H2,1-2H3/t12?,13?,14-,15-/m1/s1. The van der Waals surface area contributed by atoms with Gasteiger partial charge in [0.05, 0.1) is 0 Å². The lowest BCUT2D eigenvalue weighted by Gasteiger charge is -2.41. The van der Waals surface area contributed by atoms with E-state index in [1.165, 1.54) is 57.8 Å². The fourth-order valence-electron chi connectivity index (χ4n) is 3.90. The lowest BCUT2D eigenvalue weighted by atomic mass is 9.73. The van der Waals surface area contributed by atoms with Crippen LogP contribution >= 0.6 is 22.6 Å². The summed E-state index contributed by atoms with van der Waals surface area (Å²) in [5, 5.41) is 0.